The lowest BCUT2D eigenvalue weighted by Gasteiger charge is -2.37. The summed E-state index contributed by atoms with van der Waals surface area (Å²) in [5.41, 5.74) is 3.24. The third-order valence-electron chi connectivity index (χ3n) is 5.52. The summed E-state index contributed by atoms with van der Waals surface area (Å²) in [5, 5.41) is 0. The molecule has 0 radical (unpaired) electrons. The summed E-state index contributed by atoms with van der Waals surface area (Å²) in [6.45, 7) is 7.79. The van der Waals surface area contributed by atoms with Crippen molar-refractivity contribution in [3.8, 4) is 0 Å². The number of piperazine rings is 1. The van der Waals surface area contributed by atoms with Gasteiger partial charge in [-0.1, -0.05) is 0 Å². The molecule has 0 N–H and O–H groups in total. The summed E-state index contributed by atoms with van der Waals surface area (Å²) in [4.78, 5) is 35.5. The van der Waals surface area contributed by atoms with Gasteiger partial charge < -0.3 is 14.7 Å². The second-order valence-corrected chi connectivity index (χ2v) is 7.60. The van der Waals surface area contributed by atoms with E-state index in [-0.39, 0.29) is 17.7 Å². The van der Waals surface area contributed by atoms with E-state index in [9.17, 15) is 9.59 Å². The van der Waals surface area contributed by atoms with Crippen molar-refractivity contribution in [1.82, 2.24) is 14.8 Å². The SMILES string of the molecule is Cc1cc(N2CCN(C(=O)[C@@H]3CC(=O)N(C4CC4)C3)CC2)cc(C)n1. The third kappa shape index (κ3) is 3.34. The number of aryl methyl sites for hydroxylation is 2. The van der Waals surface area contributed by atoms with Crippen LogP contribution in [0.5, 0.6) is 0 Å². The highest BCUT2D eigenvalue weighted by atomic mass is 16.2. The number of carbonyl (C=O) groups excluding carboxylic acids is 2. The molecule has 3 heterocycles. The van der Waals surface area contributed by atoms with Crippen LogP contribution in [0.2, 0.25) is 0 Å². The van der Waals surface area contributed by atoms with Gasteiger partial charge in [-0.25, -0.2) is 0 Å². The Morgan fingerprint density at radius 2 is 1.72 bits per heavy atom. The molecule has 2 amide bonds. The van der Waals surface area contributed by atoms with E-state index in [0.717, 1.165) is 50.4 Å². The monoisotopic (exact) mass is 342 g/mol. The topological polar surface area (TPSA) is 56.8 Å². The molecule has 134 valence electrons. The largest absolute Gasteiger partial charge is 0.368 e. The zero-order chi connectivity index (χ0) is 17.6. The van der Waals surface area contributed by atoms with Crippen LogP contribution in [-0.2, 0) is 9.59 Å². The normalized spacial score (nSPS) is 24.2. The van der Waals surface area contributed by atoms with Gasteiger partial charge in [-0.05, 0) is 38.8 Å². The Labute approximate surface area is 148 Å². The van der Waals surface area contributed by atoms with Crippen LogP contribution in [0.4, 0.5) is 5.69 Å². The first kappa shape index (κ1) is 16.4. The minimum Gasteiger partial charge on any atom is -0.368 e. The third-order valence-corrected chi connectivity index (χ3v) is 5.52. The number of amides is 2. The van der Waals surface area contributed by atoms with Crippen LogP contribution in [0.1, 0.15) is 30.7 Å². The van der Waals surface area contributed by atoms with E-state index >= 15 is 0 Å². The average Bonchev–Trinajstić information content (AvgIpc) is 3.35. The summed E-state index contributed by atoms with van der Waals surface area (Å²) < 4.78 is 0. The van der Waals surface area contributed by atoms with Gasteiger partial charge in [0.1, 0.15) is 0 Å². The number of aromatic nitrogens is 1. The summed E-state index contributed by atoms with van der Waals surface area (Å²) in [7, 11) is 0. The zero-order valence-corrected chi connectivity index (χ0v) is 15.1. The predicted octanol–water partition coefficient (Wildman–Crippen LogP) is 1.36. The summed E-state index contributed by atoms with van der Waals surface area (Å²) in [5.74, 6) is 0.200. The van der Waals surface area contributed by atoms with Crippen molar-refractivity contribution in [3.05, 3.63) is 23.5 Å². The molecule has 1 atom stereocenters. The molecule has 2 saturated heterocycles. The van der Waals surface area contributed by atoms with Gasteiger partial charge in [0.05, 0.1) is 5.92 Å². The smallest absolute Gasteiger partial charge is 0.228 e. The number of rotatable bonds is 3. The lowest BCUT2D eigenvalue weighted by Crippen LogP contribution is -2.50. The number of anilines is 1. The Morgan fingerprint density at radius 1 is 1.08 bits per heavy atom. The molecular weight excluding hydrogens is 316 g/mol. The van der Waals surface area contributed by atoms with Crippen molar-refractivity contribution in [3.63, 3.8) is 0 Å². The van der Waals surface area contributed by atoms with Gasteiger partial charge in [0.2, 0.25) is 11.8 Å². The number of likely N-dealkylation sites (tertiary alicyclic amines) is 1. The van der Waals surface area contributed by atoms with Crippen LogP contribution < -0.4 is 4.90 Å². The highest BCUT2D eigenvalue weighted by Gasteiger charge is 2.43. The molecule has 25 heavy (non-hydrogen) atoms. The van der Waals surface area contributed by atoms with Crippen molar-refractivity contribution in [2.75, 3.05) is 37.6 Å². The van der Waals surface area contributed by atoms with Crippen LogP contribution in [0.3, 0.4) is 0 Å². The lowest BCUT2D eigenvalue weighted by molar-refractivity contribution is -0.136. The summed E-state index contributed by atoms with van der Waals surface area (Å²) >= 11 is 0. The quantitative estimate of drug-likeness (QED) is 0.832. The molecule has 6 nitrogen and oxygen atoms in total. The van der Waals surface area contributed by atoms with E-state index in [1.807, 2.05) is 23.6 Å². The first-order valence-electron chi connectivity index (χ1n) is 9.30. The van der Waals surface area contributed by atoms with Gasteiger partial charge in [0.15, 0.2) is 0 Å². The van der Waals surface area contributed by atoms with Crippen molar-refractivity contribution in [2.24, 2.45) is 5.92 Å². The molecule has 1 aromatic heterocycles. The highest BCUT2D eigenvalue weighted by molar-refractivity contribution is 5.89. The van der Waals surface area contributed by atoms with E-state index < -0.39 is 0 Å². The second kappa shape index (κ2) is 6.32. The van der Waals surface area contributed by atoms with Crippen molar-refractivity contribution in [1.29, 1.82) is 0 Å². The Balaban J connectivity index is 1.35. The fraction of sp³-hybridized carbons (Fsp3) is 0.632. The number of hydrogen-bond acceptors (Lipinski definition) is 4. The molecule has 1 aliphatic carbocycles. The minimum absolute atomic E-state index is 0.134. The fourth-order valence-corrected chi connectivity index (χ4v) is 4.07. The van der Waals surface area contributed by atoms with E-state index in [1.165, 1.54) is 5.69 Å². The molecular formula is C19H26N4O2. The summed E-state index contributed by atoms with van der Waals surface area (Å²) in [6.07, 6.45) is 2.62. The van der Waals surface area contributed by atoms with E-state index in [1.54, 1.807) is 0 Å². The van der Waals surface area contributed by atoms with E-state index in [0.29, 0.717) is 19.0 Å². The van der Waals surface area contributed by atoms with E-state index in [4.69, 9.17) is 0 Å². The lowest BCUT2D eigenvalue weighted by atomic mass is 10.1. The predicted molar refractivity (Wildman–Crippen MR) is 95.3 cm³/mol. The Kier molecular flexibility index (Phi) is 4.13. The van der Waals surface area contributed by atoms with Gasteiger partial charge in [0, 0.05) is 62.3 Å². The molecule has 6 heteroatoms. The maximum Gasteiger partial charge on any atom is 0.228 e. The van der Waals surface area contributed by atoms with Gasteiger partial charge in [-0.3, -0.25) is 14.6 Å². The van der Waals surface area contributed by atoms with E-state index in [2.05, 4.69) is 22.0 Å². The number of nitrogens with zero attached hydrogens (tertiary/aromatic N) is 4. The summed E-state index contributed by atoms with van der Waals surface area (Å²) in [6, 6.07) is 4.63. The molecule has 1 aromatic rings. The standard InChI is InChI=1S/C19H26N4O2/c1-13-9-17(10-14(2)20-13)21-5-7-22(8-6-21)19(25)15-11-18(24)23(12-15)16-3-4-16/h9-10,15-16H,3-8,11-12H2,1-2H3/t15-/m1/s1. The van der Waals surface area contributed by atoms with Crippen LogP contribution in [0, 0.1) is 19.8 Å². The van der Waals surface area contributed by atoms with Crippen molar-refractivity contribution < 1.29 is 9.59 Å². The average molecular weight is 342 g/mol. The number of carbonyl (C=O) groups is 2. The Hall–Kier alpha value is -2.11. The molecule has 3 fully saturated rings. The van der Waals surface area contributed by atoms with Gasteiger partial charge >= 0.3 is 0 Å². The van der Waals surface area contributed by atoms with Gasteiger partial charge in [-0.15, -0.1) is 0 Å². The van der Waals surface area contributed by atoms with Crippen LogP contribution in [0.15, 0.2) is 12.1 Å². The van der Waals surface area contributed by atoms with Crippen molar-refractivity contribution >= 4 is 17.5 Å². The van der Waals surface area contributed by atoms with Crippen LogP contribution >= 0.6 is 0 Å². The second-order valence-electron chi connectivity index (χ2n) is 7.60. The highest BCUT2D eigenvalue weighted by Crippen LogP contribution is 2.33. The van der Waals surface area contributed by atoms with Crippen molar-refractivity contribution in [2.45, 2.75) is 39.2 Å². The minimum atomic E-state index is -0.134. The molecule has 0 spiro atoms. The molecule has 0 aromatic carbocycles. The molecule has 0 unspecified atom stereocenters. The number of pyridine rings is 1. The number of hydrogen-bond donors (Lipinski definition) is 0. The molecule has 1 saturated carbocycles. The maximum absolute atomic E-state index is 12.8. The Morgan fingerprint density at radius 3 is 2.32 bits per heavy atom. The van der Waals surface area contributed by atoms with Crippen LogP contribution in [-0.4, -0.2) is 65.4 Å². The fourth-order valence-electron chi connectivity index (χ4n) is 4.07. The van der Waals surface area contributed by atoms with Crippen LogP contribution in [0.25, 0.3) is 0 Å². The molecule has 4 rings (SSSR count). The Bertz CT molecular complexity index is 672. The van der Waals surface area contributed by atoms with Gasteiger partial charge in [-0.2, -0.15) is 0 Å². The first-order chi connectivity index (χ1) is 12.0. The first-order valence-corrected chi connectivity index (χ1v) is 9.30. The molecule has 2 aliphatic heterocycles. The maximum atomic E-state index is 12.8. The molecule has 3 aliphatic rings. The van der Waals surface area contributed by atoms with Gasteiger partial charge in [0.25, 0.3) is 0 Å². The zero-order valence-electron chi connectivity index (χ0n) is 15.1. The molecule has 0 bridgehead atoms.